The van der Waals surface area contributed by atoms with Crippen LogP contribution in [0.1, 0.15) is 16.0 Å². The Bertz CT molecular complexity index is 1000. The van der Waals surface area contributed by atoms with Crippen LogP contribution in [-0.4, -0.2) is 58.6 Å². The molecular formula is C22H23ClO6S. The standard InChI is InChI=1S/C22H23ClO6S/c1-28-22(21(27)20(26)19(25)17(11-24)29-22)14-6-7-16(23)13(8-14)10-15-9-12-4-2-3-5-18(12)30-15/h2-9,17,19-21,24-27H,10-11H2,1H3/t17-,19-,20+,21-,22-/m1/s1. The average molecular weight is 451 g/mol. The van der Waals surface area contributed by atoms with E-state index < -0.39 is 36.8 Å². The SMILES string of the molecule is CO[C@]1(c2ccc(Cl)c(Cc3cc4ccccc4s3)c2)O[C@H](CO)[C@@H](O)[C@H](O)[C@H]1O. The number of aliphatic hydroxyl groups is 4. The van der Waals surface area contributed by atoms with E-state index in [1.807, 2.05) is 12.1 Å². The summed E-state index contributed by atoms with van der Waals surface area (Å²) in [6.45, 7) is -0.543. The molecule has 1 aliphatic rings. The summed E-state index contributed by atoms with van der Waals surface area (Å²) < 4.78 is 12.5. The first-order valence-corrected chi connectivity index (χ1v) is 10.7. The number of hydrogen-bond acceptors (Lipinski definition) is 7. The van der Waals surface area contributed by atoms with Gasteiger partial charge < -0.3 is 29.9 Å². The molecule has 0 aliphatic carbocycles. The molecule has 2 aromatic carbocycles. The number of fused-ring (bicyclic) bond motifs is 1. The van der Waals surface area contributed by atoms with Gasteiger partial charge in [0.25, 0.3) is 0 Å². The number of ether oxygens (including phenoxy) is 2. The van der Waals surface area contributed by atoms with Crippen LogP contribution >= 0.6 is 22.9 Å². The van der Waals surface area contributed by atoms with Gasteiger partial charge in [0.05, 0.1) is 6.61 Å². The van der Waals surface area contributed by atoms with Crippen LogP contribution in [0, 0.1) is 0 Å². The van der Waals surface area contributed by atoms with Gasteiger partial charge in [0.15, 0.2) is 0 Å². The molecule has 5 atom stereocenters. The minimum atomic E-state index is -1.76. The summed E-state index contributed by atoms with van der Waals surface area (Å²) in [5.41, 5.74) is 1.23. The highest BCUT2D eigenvalue weighted by Gasteiger charge is 2.55. The van der Waals surface area contributed by atoms with Crippen LogP contribution in [0.5, 0.6) is 0 Å². The summed E-state index contributed by atoms with van der Waals surface area (Å²) in [7, 11) is 1.34. The zero-order chi connectivity index (χ0) is 21.5. The molecule has 1 saturated heterocycles. The Morgan fingerprint density at radius 2 is 1.87 bits per heavy atom. The van der Waals surface area contributed by atoms with Gasteiger partial charge in [0, 0.05) is 33.7 Å². The van der Waals surface area contributed by atoms with Crippen molar-refractivity contribution in [2.24, 2.45) is 0 Å². The summed E-state index contributed by atoms with van der Waals surface area (Å²) in [5, 5.41) is 42.3. The molecule has 6 nitrogen and oxygen atoms in total. The van der Waals surface area contributed by atoms with Crippen LogP contribution in [0.3, 0.4) is 0 Å². The Kier molecular flexibility index (Phi) is 6.16. The van der Waals surface area contributed by atoms with Crippen molar-refractivity contribution in [3.8, 4) is 0 Å². The van der Waals surface area contributed by atoms with E-state index >= 15 is 0 Å². The Morgan fingerprint density at radius 3 is 2.57 bits per heavy atom. The van der Waals surface area contributed by atoms with Crippen LogP contribution in [0.25, 0.3) is 10.1 Å². The Morgan fingerprint density at radius 1 is 1.10 bits per heavy atom. The van der Waals surface area contributed by atoms with Gasteiger partial charge in [-0.25, -0.2) is 0 Å². The lowest BCUT2D eigenvalue weighted by Gasteiger charge is -2.47. The second-order valence-electron chi connectivity index (χ2n) is 7.37. The number of halogens is 1. The zero-order valence-corrected chi connectivity index (χ0v) is 17.8. The van der Waals surface area contributed by atoms with E-state index in [0.29, 0.717) is 17.0 Å². The first-order valence-electron chi connectivity index (χ1n) is 9.54. The minimum Gasteiger partial charge on any atom is -0.394 e. The van der Waals surface area contributed by atoms with E-state index in [-0.39, 0.29) is 0 Å². The quantitative estimate of drug-likeness (QED) is 0.476. The summed E-state index contributed by atoms with van der Waals surface area (Å²) in [5.74, 6) is -1.76. The maximum absolute atomic E-state index is 10.7. The van der Waals surface area contributed by atoms with E-state index in [2.05, 4.69) is 18.2 Å². The van der Waals surface area contributed by atoms with Gasteiger partial charge in [-0.05, 0) is 35.2 Å². The maximum Gasteiger partial charge on any atom is 0.224 e. The molecule has 4 N–H and O–H groups in total. The number of benzene rings is 2. The third-order valence-electron chi connectivity index (χ3n) is 5.54. The van der Waals surface area contributed by atoms with E-state index in [1.54, 1.807) is 29.5 Å². The first kappa shape index (κ1) is 21.7. The highest BCUT2D eigenvalue weighted by Crippen LogP contribution is 2.40. The molecule has 0 bridgehead atoms. The molecule has 160 valence electrons. The van der Waals surface area contributed by atoms with Crippen molar-refractivity contribution < 1.29 is 29.9 Å². The fourth-order valence-electron chi connectivity index (χ4n) is 3.91. The fraction of sp³-hybridized carbons (Fsp3) is 0.364. The van der Waals surface area contributed by atoms with E-state index in [0.717, 1.165) is 15.8 Å². The number of thiophene rings is 1. The highest BCUT2D eigenvalue weighted by atomic mass is 35.5. The number of aliphatic hydroxyl groups excluding tert-OH is 4. The van der Waals surface area contributed by atoms with E-state index in [1.165, 1.54) is 11.8 Å². The summed E-state index contributed by atoms with van der Waals surface area (Å²) >= 11 is 8.12. The molecule has 3 aromatic rings. The number of rotatable bonds is 5. The molecule has 1 aliphatic heterocycles. The maximum atomic E-state index is 10.7. The third kappa shape index (κ3) is 3.66. The van der Waals surface area contributed by atoms with Crippen molar-refractivity contribution in [1.82, 2.24) is 0 Å². The van der Waals surface area contributed by atoms with Gasteiger partial charge in [0.1, 0.15) is 24.4 Å². The molecule has 1 fully saturated rings. The lowest BCUT2D eigenvalue weighted by molar-refractivity contribution is -0.366. The predicted molar refractivity (Wildman–Crippen MR) is 115 cm³/mol. The summed E-state index contributed by atoms with van der Waals surface area (Å²) in [6.07, 6.45) is -5.13. The largest absolute Gasteiger partial charge is 0.394 e. The van der Waals surface area contributed by atoms with Crippen molar-refractivity contribution in [2.75, 3.05) is 13.7 Å². The van der Waals surface area contributed by atoms with Crippen molar-refractivity contribution in [2.45, 2.75) is 36.6 Å². The molecule has 0 amide bonds. The molecule has 30 heavy (non-hydrogen) atoms. The van der Waals surface area contributed by atoms with Crippen LogP contribution < -0.4 is 0 Å². The van der Waals surface area contributed by atoms with Gasteiger partial charge in [-0.3, -0.25) is 0 Å². The normalized spacial score (nSPS) is 29.4. The van der Waals surface area contributed by atoms with Crippen LogP contribution in [0.2, 0.25) is 5.02 Å². The Balaban J connectivity index is 1.72. The van der Waals surface area contributed by atoms with Gasteiger partial charge >= 0.3 is 0 Å². The summed E-state index contributed by atoms with van der Waals surface area (Å²) in [6, 6.07) is 15.3. The van der Waals surface area contributed by atoms with Gasteiger partial charge in [0.2, 0.25) is 5.79 Å². The lowest BCUT2D eigenvalue weighted by Crippen LogP contribution is -2.64. The van der Waals surface area contributed by atoms with Crippen molar-refractivity contribution in [3.63, 3.8) is 0 Å². The van der Waals surface area contributed by atoms with Crippen molar-refractivity contribution in [3.05, 3.63) is 69.6 Å². The number of hydrogen-bond donors (Lipinski definition) is 4. The molecule has 4 rings (SSSR count). The molecular weight excluding hydrogens is 428 g/mol. The van der Waals surface area contributed by atoms with Crippen LogP contribution in [0.15, 0.2) is 48.5 Å². The van der Waals surface area contributed by atoms with Crippen LogP contribution in [-0.2, 0) is 21.7 Å². The first-order chi connectivity index (χ1) is 14.4. The van der Waals surface area contributed by atoms with Crippen LogP contribution in [0.4, 0.5) is 0 Å². The van der Waals surface area contributed by atoms with Gasteiger partial charge in [-0.2, -0.15) is 0 Å². The molecule has 1 aromatic heterocycles. The zero-order valence-electron chi connectivity index (χ0n) is 16.2. The van der Waals surface area contributed by atoms with E-state index in [9.17, 15) is 20.4 Å². The average Bonchev–Trinajstić information content (AvgIpc) is 3.17. The molecule has 0 unspecified atom stereocenters. The fourth-order valence-corrected chi connectivity index (χ4v) is 5.18. The Labute approximate surface area is 182 Å². The number of methoxy groups -OCH3 is 1. The lowest BCUT2D eigenvalue weighted by atomic mass is 9.87. The molecule has 0 saturated carbocycles. The third-order valence-corrected chi connectivity index (χ3v) is 7.03. The molecule has 8 heteroatoms. The summed E-state index contributed by atoms with van der Waals surface area (Å²) in [4.78, 5) is 1.12. The molecule has 0 radical (unpaired) electrons. The second-order valence-corrected chi connectivity index (χ2v) is 8.95. The smallest absolute Gasteiger partial charge is 0.224 e. The van der Waals surface area contributed by atoms with Gasteiger partial charge in [-0.15, -0.1) is 11.3 Å². The topological polar surface area (TPSA) is 99.4 Å². The molecule has 0 spiro atoms. The molecule has 2 heterocycles. The Hall–Kier alpha value is -1.55. The monoisotopic (exact) mass is 450 g/mol. The van der Waals surface area contributed by atoms with Crippen molar-refractivity contribution >= 4 is 33.0 Å². The highest BCUT2D eigenvalue weighted by molar-refractivity contribution is 7.19. The predicted octanol–water partition coefficient (Wildman–Crippen LogP) is 2.42. The van der Waals surface area contributed by atoms with E-state index in [4.69, 9.17) is 21.1 Å². The minimum absolute atomic E-state index is 0.433. The second kappa shape index (κ2) is 8.53. The van der Waals surface area contributed by atoms with Gasteiger partial charge in [-0.1, -0.05) is 35.9 Å². The van der Waals surface area contributed by atoms with Crippen molar-refractivity contribution in [1.29, 1.82) is 0 Å².